The van der Waals surface area contributed by atoms with Crippen molar-refractivity contribution in [1.82, 2.24) is 20.0 Å². The van der Waals surface area contributed by atoms with Crippen LogP contribution >= 0.6 is 0 Å². The smallest absolute Gasteiger partial charge is 0.317 e. The number of aromatic nitrogens is 2. The predicted octanol–water partition coefficient (Wildman–Crippen LogP) is 2.11. The summed E-state index contributed by atoms with van der Waals surface area (Å²) in [6.07, 6.45) is 2.55. The van der Waals surface area contributed by atoms with Gasteiger partial charge in [-0.3, -0.25) is 4.68 Å². The number of hydrogen-bond acceptors (Lipinski definition) is 4. The molecule has 0 aliphatic heterocycles. The molecule has 3 N–H and O–H groups in total. The topological polar surface area (TPSA) is 110 Å². The van der Waals surface area contributed by atoms with Gasteiger partial charge in [-0.15, -0.1) is 0 Å². The van der Waals surface area contributed by atoms with Crippen molar-refractivity contribution in [3.8, 4) is 0 Å². The first-order valence-electron chi connectivity index (χ1n) is 9.49. The maximum absolute atomic E-state index is 12.5. The Morgan fingerprint density at radius 1 is 1.10 bits per heavy atom. The van der Waals surface area contributed by atoms with Crippen molar-refractivity contribution in [2.75, 3.05) is 7.05 Å². The Balaban J connectivity index is 1.57. The van der Waals surface area contributed by atoms with Crippen LogP contribution < -0.4 is 10.5 Å². The number of carbonyl (C=O) groups is 1. The Morgan fingerprint density at radius 2 is 1.80 bits per heavy atom. The predicted molar refractivity (Wildman–Crippen MR) is 114 cm³/mol. The summed E-state index contributed by atoms with van der Waals surface area (Å²) in [6, 6.07) is 18.0. The maximum Gasteiger partial charge on any atom is 0.317 e. The van der Waals surface area contributed by atoms with Gasteiger partial charge in [-0.2, -0.15) is 5.10 Å². The van der Waals surface area contributed by atoms with Crippen molar-refractivity contribution in [1.29, 1.82) is 0 Å². The molecule has 1 heterocycles. The molecule has 0 bridgehead atoms. The van der Waals surface area contributed by atoms with Crippen molar-refractivity contribution in [3.05, 3.63) is 83.7 Å². The lowest BCUT2D eigenvalue weighted by Crippen LogP contribution is -2.37. The summed E-state index contributed by atoms with van der Waals surface area (Å²) in [4.78, 5) is 13.9. The number of carbonyl (C=O) groups excluding carboxylic acids is 1. The molecule has 0 atom stereocenters. The Kier molecular flexibility index (Phi) is 6.86. The van der Waals surface area contributed by atoms with Crippen LogP contribution in [-0.4, -0.2) is 36.2 Å². The lowest BCUT2D eigenvalue weighted by Gasteiger charge is -2.19. The third-order valence-electron chi connectivity index (χ3n) is 4.71. The number of rotatable bonds is 8. The Labute approximate surface area is 176 Å². The molecule has 9 heteroatoms. The molecule has 0 aliphatic rings. The molecule has 0 radical (unpaired) electrons. The molecule has 0 saturated heterocycles. The third kappa shape index (κ3) is 5.68. The Hall–Kier alpha value is -3.17. The van der Waals surface area contributed by atoms with Gasteiger partial charge in [0.1, 0.15) is 0 Å². The number of urea groups is 1. The van der Waals surface area contributed by atoms with Gasteiger partial charge in [0.05, 0.1) is 17.1 Å². The number of nitrogens with two attached hydrogens (primary N) is 1. The van der Waals surface area contributed by atoms with Gasteiger partial charge >= 0.3 is 6.03 Å². The van der Waals surface area contributed by atoms with Gasteiger partial charge in [-0.25, -0.2) is 18.4 Å². The molecule has 1 aromatic heterocycles. The second kappa shape index (κ2) is 9.55. The highest BCUT2D eigenvalue weighted by Gasteiger charge is 2.17. The number of sulfonamides is 1. The normalized spacial score (nSPS) is 11.3. The van der Waals surface area contributed by atoms with E-state index in [-0.39, 0.29) is 17.5 Å². The number of benzene rings is 2. The minimum absolute atomic E-state index is 0.0173. The maximum atomic E-state index is 12.5. The fourth-order valence-corrected chi connectivity index (χ4v) is 3.90. The van der Waals surface area contributed by atoms with Crippen molar-refractivity contribution in [2.45, 2.75) is 31.0 Å². The van der Waals surface area contributed by atoms with Crippen LogP contribution in [0.4, 0.5) is 4.79 Å². The summed E-state index contributed by atoms with van der Waals surface area (Å²) in [7, 11) is -2.26. The molecular weight excluding hydrogens is 402 g/mol. The van der Waals surface area contributed by atoms with Crippen molar-refractivity contribution >= 4 is 16.1 Å². The van der Waals surface area contributed by atoms with Crippen molar-refractivity contribution in [2.24, 2.45) is 5.14 Å². The SMILES string of the molecule is CN(Cc1ccccc1S(N)(=O)=O)C(=O)NCc1ccnn1CCc1ccccc1. The van der Waals surface area contributed by atoms with E-state index in [0.29, 0.717) is 18.7 Å². The number of primary sulfonamides is 1. The van der Waals surface area contributed by atoms with E-state index in [9.17, 15) is 13.2 Å². The largest absolute Gasteiger partial charge is 0.332 e. The third-order valence-corrected chi connectivity index (χ3v) is 5.73. The van der Waals surface area contributed by atoms with Crippen LogP contribution in [0.3, 0.4) is 0 Å². The fourth-order valence-electron chi connectivity index (χ4n) is 3.13. The van der Waals surface area contributed by atoms with Crippen molar-refractivity contribution in [3.63, 3.8) is 0 Å². The molecule has 30 heavy (non-hydrogen) atoms. The van der Waals surface area contributed by atoms with Gasteiger partial charge in [-0.1, -0.05) is 48.5 Å². The van der Waals surface area contributed by atoms with E-state index in [1.54, 1.807) is 31.4 Å². The number of aryl methyl sites for hydroxylation is 2. The van der Waals surface area contributed by atoms with E-state index in [1.807, 2.05) is 28.9 Å². The van der Waals surface area contributed by atoms with E-state index >= 15 is 0 Å². The summed E-state index contributed by atoms with van der Waals surface area (Å²) in [5.41, 5.74) is 2.57. The van der Waals surface area contributed by atoms with E-state index in [4.69, 9.17) is 5.14 Å². The van der Waals surface area contributed by atoms with Gasteiger partial charge in [0.2, 0.25) is 10.0 Å². The molecule has 2 amide bonds. The first-order valence-corrected chi connectivity index (χ1v) is 11.0. The molecule has 0 fully saturated rings. The highest BCUT2D eigenvalue weighted by Crippen LogP contribution is 2.15. The van der Waals surface area contributed by atoms with Crippen LogP contribution in [0.15, 0.2) is 71.8 Å². The van der Waals surface area contributed by atoms with Crippen LogP contribution in [0.1, 0.15) is 16.8 Å². The zero-order valence-electron chi connectivity index (χ0n) is 16.7. The molecule has 158 valence electrons. The summed E-state index contributed by atoms with van der Waals surface area (Å²) in [5.74, 6) is 0. The van der Waals surface area contributed by atoms with Gasteiger partial charge in [0.25, 0.3) is 0 Å². The number of nitrogens with one attached hydrogen (secondary N) is 1. The van der Waals surface area contributed by atoms with Gasteiger partial charge in [0, 0.05) is 26.3 Å². The van der Waals surface area contributed by atoms with E-state index < -0.39 is 10.0 Å². The van der Waals surface area contributed by atoms with Crippen LogP contribution in [0.5, 0.6) is 0 Å². The highest BCUT2D eigenvalue weighted by molar-refractivity contribution is 7.89. The summed E-state index contributed by atoms with van der Waals surface area (Å²) in [5, 5.41) is 12.4. The Bertz CT molecular complexity index is 1100. The molecule has 3 aromatic rings. The second-order valence-corrected chi connectivity index (χ2v) is 8.48. The van der Waals surface area contributed by atoms with Gasteiger partial charge in [-0.05, 0) is 29.7 Å². The highest BCUT2D eigenvalue weighted by atomic mass is 32.2. The van der Waals surface area contributed by atoms with Crippen LogP contribution in [0.2, 0.25) is 0 Å². The monoisotopic (exact) mass is 427 g/mol. The van der Waals surface area contributed by atoms with E-state index in [2.05, 4.69) is 22.5 Å². The minimum Gasteiger partial charge on any atom is -0.332 e. The zero-order chi connectivity index (χ0) is 21.6. The van der Waals surface area contributed by atoms with Crippen LogP contribution in [-0.2, 0) is 36.1 Å². The van der Waals surface area contributed by atoms with Crippen LogP contribution in [0.25, 0.3) is 0 Å². The average molecular weight is 428 g/mol. The molecule has 8 nitrogen and oxygen atoms in total. The van der Waals surface area contributed by atoms with E-state index in [1.165, 1.54) is 16.5 Å². The molecule has 0 spiro atoms. The first kappa shape index (κ1) is 21.5. The second-order valence-electron chi connectivity index (χ2n) is 6.95. The molecule has 0 aliphatic carbocycles. The lowest BCUT2D eigenvalue weighted by atomic mass is 10.1. The number of amides is 2. The summed E-state index contributed by atoms with van der Waals surface area (Å²) >= 11 is 0. The Morgan fingerprint density at radius 3 is 2.53 bits per heavy atom. The minimum atomic E-state index is -3.86. The molecule has 2 aromatic carbocycles. The lowest BCUT2D eigenvalue weighted by molar-refractivity contribution is 0.205. The van der Waals surface area contributed by atoms with E-state index in [0.717, 1.165) is 12.1 Å². The van der Waals surface area contributed by atoms with Crippen molar-refractivity contribution < 1.29 is 13.2 Å². The van der Waals surface area contributed by atoms with Gasteiger partial charge in [0.15, 0.2) is 0 Å². The molecule has 3 rings (SSSR count). The standard InChI is InChI=1S/C21H25N5O3S/c1-25(16-18-9-5-6-10-20(18)30(22,28)29)21(27)23-15-19-11-13-24-26(19)14-12-17-7-3-2-4-8-17/h2-11,13H,12,14-16H2,1H3,(H,23,27)(H2,22,28,29). The number of nitrogens with zero attached hydrogens (tertiary/aromatic N) is 3. The molecule has 0 saturated carbocycles. The molecular formula is C21H25N5O3S. The number of hydrogen-bond donors (Lipinski definition) is 2. The van der Waals surface area contributed by atoms with Gasteiger partial charge < -0.3 is 10.2 Å². The zero-order valence-corrected chi connectivity index (χ0v) is 17.5. The summed E-state index contributed by atoms with van der Waals surface area (Å²) in [6.45, 7) is 1.14. The van der Waals surface area contributed by atoms with Crippen LogP contribution in [0, 0.1) is 0 Å². The molecule has 0 unspecified atom stereocenters. The first-order chi connectivity index (χ1) is 14.3. The fraction of sp³-hybridized carbons (Fsp3) is 0.238. The average Bonchev–Trinajstić information content (AvgIpc) is 3.18. The summed E-state index contributed by atoms with van der Waals surface area (Å²) < 4.78 is 25.3. The quantitative estimate of drug-likeness (QED) is 0.574.